The topological polar surface area (TPSA) is 60.9 Å². The van der Waals surface area contributed by atoms with Crippen LogP contribution in [-0.2, 0) is 5.75 Å². The first-order valence-corrected chi connectivity index (χ1v) is 9.81. The molecule has 2 aromatic heterocycles. The third-order valence-corrected chi connectivity index (χ3v) is 5.46. The predicted octanol–water partition coefficient (Wildman–Crippen LogP) is 4.82. The number of nitrogens with zero attached hydrogens (tertiary/aromatic N) is 3. The van der Waals surface area contributed by atoms with Gasteiger partial charge in [-0.2, -0.15) is 0 Å². The molecule has 5 rings (SSSR count). The van der Waals surface area contributed by atoms with Gasteiger partial charge in [0.05, 0.1) is 5.69 Å². The number of fused-ring (bicyclic) bond motifs is 3. The van der Waals surface area contributed by atoms with Crippen LogP contribution in [0.4, 0.5) is 0 Å². The van der Waals surface area contributed by atoms with Crippen LogP contribution in [0.25, 0.3) is 27.4 Å². The third-order valence-electron chi connectivity index (χ3n) is 4.56. The minimum Gasteiger partial charge on any atom is -0.423 e. The molecule has 0 N–H and O–H groups in total. The molecule has 2 heterocycles. The van der Waals surface area contributed by atoms with Gasteiger partial charge in [-0.1, -0.05) is 60.3 Å². The highest BCUT2D eigenvalue weighted by molar-refractivity contribution is 7.98. The lowest BCUT2D eigenvalue weighted by molar-refractivity contribution is 0.560. The highest BCUT2D eigenvalue weighted by Gasteiger charge is 2.11. The maximum atomic E-state index is 12.0. The molecule has 5 nitrogen and oxygen atoms in total. The number of aromatic nitrogens is 3. The van der Waals surface area contributed by atoms with E-state index in [9.17, 15) is 4.79 Å². The lowest BCUT2D eigenvalue weighted by Gasteiger charge is -2.07. The Labute approximate surface area is 164 Å². The summed E-state index contributed by atoms with van der Waals surface area (Å²) in [4.78, 5) is 16.4. The van der Waals surface area contributed by atoms with Gasteiger partial charge in [-0.05, 0) is 34.5 Å². The molecule has 5 aromatic rings. The van der Waals surface area contributed by atoms with E-state index in [1.54, 1.807) is 17.1 Å². The summed E-state index contributed by atoms with van der Waals surface area (Å²) in [6.45, 7) is 0. The zero-order valence-electron chi connectivity index (χ0n) is 14.8. The minimum absolute atomic E-state index is 0.346. The van der Waals surface area contributed by atoms with Crippen molar-refractivity contribution in [3.8, 4) is 5.69 Å². The van der Waals surface area contributed by atoms with Gasteiger partial charge in [-0.3, -0.25) is 0 Å². The third kappa shape index (κ3) is 3.08. The van der Waals surface area contributed by atoms with E-state index in [4.69, 9.17) is 4.42 Å². The first-order valence-electron chi connectivity index (χ1n) is 8.82. The van der Waals surface area contributed by atoms with E-state index in [0.717, 1.165) is 27.4 Å². The van der Waals surface area contributed by atoms with Crippen molar-refractivity contribution in [2.45, 2.75) is 10.9 Å². The fraction of sp³-hybridized carbons (Fsp3) is 0.0455. The smallest absolute Gasteiger partial charge is 0.336 e. The maximum Gasteiger partial charge on any atom is 0.336 e. The molecule has 0 atom stereocenters. The van der Waals surface area contributed by atoms with Gasteiger partial charge in [0.15, 0.2) is 0 Å². The molecular weight excluding hydrogens is 370 g/mol. The molecule has 28 heavy (non-hydrogen) atoms. The van der Waals surface area contributed by atoms with Crippen molar-refractivity contribution in [1.29, 1.82) is 0 Å². The molecule has 0 saturated heterocycles. The molecule has 0 aliphatic carbocycles. The van der Waals surface area contributed by atoms with Crippen LogP contribution in [0.2, 0.25) is 0 Å². The summed E-state index contributed by atoms with van der Waals surface area (Å²) >= 11 is 1.50. The highest BCUT2D eigenvalue weighted by Crippen LogP contribution is 2.30. The van der Waals surface area contributed by atoms with Crippen molar-refractivity contribution in [1.82, 2.24) is 14.8 Å². The normalized spacial score (nSPS) is 11.3. The van der Waals surface area contributed by atoms with Crippen molar-refractivity contribution in [2.75, 3.05) is 0 Å². The zero-order valence-corrected chi connectivity index (χ0v) is 15.6. The molecule has 0 unspecified atom stereocenters. The van der Waals surface area contributed by atoms with E-state index in [1.165, 1.54) is 11.8 Å². The molecule has 0 spiro atoms. The van der Waals surface area contributed by atoms with Crippen LogP contribution in [0.1, 0.15) is 5.56 Å². The van der Waals surface area contributed by atoms with Gasteiger partial charge in [0.25, 0.3) is 0 Å². The monoisotopic (exact) mass is 385 g/mol. The predicted molar refractivity (Wildman–Crippen MR) is 111 cm³/mol. The van der Waals surface area contributed by atoms with Crippen LogP contribution in [0.5, 0.6) is 0 Å². The number of benzene rings is 3. The van der Waals surface area contributed by atoms with Gasteiger partial charge in [0.2, 0.25) is 5.16 Å². The number of hydrogen-bond donors (Lipinski definition) is 0. The molecule has 0 aliphatic rings. The summed E-state index contributed by atoms with van der Waals surface area (Å²) in [6.07, 6.45) is 1.70. The van der Waals surface area contributed by atoms with E-state index in [0.29, 0.717) is 16.5 Å². The van der Waals surface area contributed by atoms with Gasteiger partial charge in [0.1, 0.15) is 11.9 Å². The largest absolute Gasteiger partial charge is 0.423 e. The first-order chi connectivity index (χ1) is 13.8. The number of para-hydroxylation sites is 1. The molecule has 136 valence electrons. The molecule has 0 amide bonds. The second-order valence-electron chi connectivity index (χ2n) is 6.35. The molecule has 6 heteroatoms. The fourth-order valence-corrected chi connectivity index (χ4v) is 4.08. The van der Waals surface area contributed by atoms with Crippen molar-refractivity contribution < 1.29 is 4.42 Å². The summed E-state index contributed by atoms with van der Waals surface area (Å²) in [6, 6.07) is 23.3. The summed E-state index contributed by atoms with van der Waals surface area (Å²) in [7, 11) is 0. The van der Waals surface area contributed by atoms with Crippen LogP contribution in [-0.4, -0.2) is 14.8 Å². The SMILES string of the molecule is O=c1cc(CSc2ncn(-c3ccccc3)n2)c2c(ccc3ccccc32)o1. The quantitative estimate of drug-likeness (QED) is 0.252. The first kappa shape index (κ1) is 16.8. The number of rotatable bonds is 4. The number of thioether (sulfide) groups is 1. The van der Waals surface area contributed by atoms with Gasteiger partial charge in [-0.15, -0.1) is 5.10 Å². The Morgan fingerprint density at radius 1 is 0.964 bits per heavy atom. The van der Waals surface area contributed by atoms with Gasteiger partial charge >= 0.3 is 5.63 Å². The van der Waals surface area contributed by atoms with E-state index in [1.807, 2.05) is 60.7 Å². The summed E-state index contributed by atoms with van der Waals surface area (Å²) in [5.74, 6) is 0.578. The van der Waals surface area contributed by atoms with Crippen molar-refractivity contribution >= 4 is 33.5 Å². The minimum atomic E-state index is -0.346. The molecular formula is C22H15N3O2S. The Kier molecular flexibility index (Phi) is 4.18. The summed E-state index contributed by atoms with van der Waals surface area (Å²) in [5, 5.41) is 8.33. The Hall–Kier alpha value is -3.38. The Bertz CT molecular complexity index is 1340. The molecule has 0 saturated carbocycles. The fourth-order valence-electron chi connectivity index (χ4n) is 3.30. The summed E-state index contributed by atoms with van der Waals surface area (Å²) in [5.41, 5.74) is 2.13. The standard InChI is InChI=1S/C22H15N3O2S/c26-20-12-16(21-18-9-5-4-6-15(18)10-11-19(21)27-20)13-28-22-23-14-25(24-22)17-7-2-1-3-8-17/h1-12,14H,13H2. The highest BCUT2D eigenvalue weighted by atomic mass is 32.2. The van der Waals surface area contributed by atoms with Crippen LogP contribution in [0.15, 0.2) is 93.5 Å². The average molecular weight is 385 g/mol. The van der Waals surface area contributed by atoms with Gasteiger partial charge < -0.3 is 4.42 Å². The van der Waals surface area contributed by atoms with Crippen molar-refractivity contribution in [3.05, 3.63) is 95.1 Å². The molecule has 0 fully saturated rings. The maximum absolute atomic E-state index is 12.0. The van der Waals surface area contributed by atoms with E-state index in [2.05, 4.69) is 16.1 Å². The zero-order chi connectivity index (χ0) is 18.9. The lowest BCUT2D eigenvalue weighted by atomic mass is 10.0. The second-order valence-corrected chi connectivity index (χ2v) is 7.29. The Balaban J connectivity index is 1.51. The summed E-state index contributed by atoms with van der Waals surface area (Å²) < 4.78 is 7.17. The van der Waals surface area contributed by atoms with Crippen molar-refractivity contribution in [3.63, 3.8) is 0 Å². The van der Waals surface area contributed by atoms with Crippen LogP contribution in [0.3, 0.4) is 0 Å². The average Bonchev–Trinajstić information content (AvgIpc) is 3.21. The van der Waals surface area contributed by atoms with Crippen LogP contribution < -0.4 is 5.63 Å². The Morgan fingerprint density at radius 3 is 2.68 bits per heavy atom. The second kappa shape index (κ2) is 6.98. The van der Waals surface area contributed by atoms with Crippen LogP contribution in [0, 0.1) is 0 Å². The molecule has 0 bridgehead atoms. The molecule has 0 radical (unpaired) electrons. The van der Waals surface area contributed by atoms with Crippen LogP contribution >= 0.6 is 11.8 Å². The van der Waals surface area contributed by atoms with Gasteiger partial charge in [0, 0.05) is 17.2 Å². The van der Waals surface area contributed by atoms with E-state index < -0.39 is 0 Å². The van der Waals surface area contributed by atoms with Crippen molar-refractivity contribution in [2.24, 2.45) is 0 Å². The lowest BCUT2D eigenvalue weighted by Crippen LogP contribution is -2.00. The molecule has 0 aliphatic heterocycles. The Morgan fingerprint density at radius 2 is 1.79 bits per heavy atom. The number of hydrogen-bond acceptors (Lipinski definition) is 5. The van der Waals surface area contributed by atoms with Gasteiger partial charge in [-0.25, -0.2) is 14.5 Å². The van der Waals surface area contributed by atoms with E-state index >= 15 is 0 Å². The molecule has 3 aromatic carbocycles. The van der Waals surface area contributed by atoms with E-state index in [-0.39, 0.29) is 5.63 Å².